The number of sulfonamides is 1. The first-order valence-electron chi connectivity index (χ1n) is 6.76. The van der Waals surface area contributed by atoms with Crippen LogP contribution in [0, 0.1) is 19.7 Å². The van der Waals surface area contributed by atoms with Gasteiger partial charge in [0.05, 0.1) is 4.90 Å². The Morgan fingerprint density at radius 1 is 1.29 bits per heavy atom. The third-order valence-corrected chi connectivity index (χ3v) is 5.94. The first-order valence-corrected chi connectivity index (χ1v) is 8.20. The van der Waals surface area contributed by atoms with Gasteiger partial charge in [0.25, 0.3) is 0 Å². The zero-order chi connectivity index (χ0) is 15.8. The number of hydrogen-bond donors (Lipinski definition) is 1. The highest BCUT2D eigenvalue weighted by atomic mass is 32.2. The second-order valence-electron chi connectivity index (χ2n) is 5.33. The van der Waals surface area contributed by atoms with E-state index in [0.29, 0.717) is 30.4 Å². The standard InChI is InChI=1S/C14H18FNO4S/c1-9-7-11(15)8-10(2)13(9)21(19,20)16-6-4-3-5-12(16)14(17)18/h7-8,12H,3-6H2,1-2H3,(H,17,18). The van der Waals surface area contributed by atoms with Crippen LogP contribution in [0.25, 0.3) is 0 Å². The van der Waals surface area contributed by atoms with Crippen molar-refractivity contribution in [1.29, 1.82) is 0 Å². The molecule has 7 heteroatoms. The summed E-state index contributed by atoms with van der Waals surface area (Å²) in [6.45, 7) is 3.21. The molecule has 1 N–H and O–H groups in total. The van der Waals surface area contributed by atoms with Gasteiger partial charge in [-0.25, -0.2) is 12.8 Å². The van der Waals surface area contributed by atoms with Gasteiger partial charge in [-0.3, -0.25) is 4.79 Å². The summed E-state index contributed by atoms with van der Waals surface area (Å²) in [5.74, 6) is -1.65. The van der Waals surface area contributed by atoms with Crippen LogP contribution in [0.4, 0.5) is 4.39 Å². The molecular weight excluding hydrogens is 297 g/mol. The summed E-state index contributed by atoms with van der Waals surface area (Å²) in [7, 11) is -3.95. The molecule has 0 amide bonds. The van der Waals surface area contributed by atoms with E-state index in [4.69, 9.17) is 0 Å². The van der Waals surface area contributed by atoms with Crippen molar-refractivity contribution in [3.63, 3.8) is 0 Å². The number of hydrogen-bond acceptors (Lipinski definition) is 3. The van der Waals surface area contributed by atoms with Crippen molar-refractivity contribution in [2.45, 2.75) is 44.0 Å². The minimum atomic E-state index is -3.95. The van der Waals surface area contributed by atoms with Crippen LogP contribution in [0.1, 0.15) is 30.4 Å². The predicted octanol–water partition coefficient (Wildman–Crippen LogP) is 2.07. The second kappa shape index (κ2) is 5.73. The van der Waals surface area contributed by atoms with E-state index in [0.717, 1.165) is 16.4 Å². The zero-order valence-electron chi connectivity index (χ0n) is 12.0. The maximum Gasteiger partial charge on any atom is 0.322 e. The lowest BCUT2D eigenvalue weighted by molar-refractivity contribution is -0.142. The first kappa shape index (κ1) is 15.9. The van der Waals surface area contributed by atoms with E-state index in [9.17, 15) is 22.7 Å². The predicted molar refractivity (Wildman–Crippen MR) is 75.0 cm³/mol. The van der Waals surface area contributed by atoms with Crippen LogP contribution in [0.15, 0.2) is 17.0 Å². The smallest absolute Gasteiger partial charge is 0.322 e. The van der Waals surface area contributed by atoms with Crippen molar-refractivity contribution >= 4 is 16.0 Å². The average Bonchev–Trinajstić information content (AvgIpc) is 2.37. The summed E-state index contributed by atoms with van der Waals surface area (Å²) in [5, 5.41) is 9.24. The number of rotatable bonds is 3. The van der Waals surface area contributed by atoms with E-state index in [1.165, 1.54) is 13.8 Å². The summed E-state index contributed by atoms with van der Waals surface area (Å²) in [5.41, 5.74) is 0.587. The zero-order valence-corrected chi connectivity index (χ0v) is 12.8. The molecule has 0 radical (unpaired) electrons. The first-order chi connectivity index (χ1) is 9.75. The molecule has 1 saturated heterocycles. The maximum absolute atomic E-state index is 13.3. The fraction of sp³-hybridized carbons (Fsp3) is 0.500. The van der Waals surface area contributed by atoms with Crippen LogP contribution in [0.2, 0.25) is 0 Å². The Morgan fingerprint density at radius 2 is 1.86 bits per heavy atom. The molecule has 5 nitrogen and oxygen atoms in total. The lowest BCUT2D eigenvalue weighted by Gasteiger charge is -2.32. The number of halogens is 1. The highest BCUT2D eigenvalue weighted by Gasteiger charge is 2.38. The highest BCUT2D eigenvalue weighted by Crippen LogP contribution is 2.29. The molecule has 1 heterocycles. The van der Waals surface area contributed by atoms with Crippen LogP contribution >= 0.6 is 0 Å². The topological polar surface area (TPSA) is 74.7 Å². The summed E-state index contributed by atoms with van der Waals surface area (Å²) in [6.07, 6.45) is 1.61. The van der Waals surface area contributed by atoms with E-state index >= 15 is 0 Å². The lowest BCUT2D eigenvalue weighted by Crippen LogP contribution is -2.48. The third kappa shape index (κ3) is 2.94. The van der Waals surface area contributed by atoms with Gasteiger partial charge in [-0.1, -0.05) is 0 Å². The number of aliphatic carboxylic acids is 1. The van der Waals surface area contributed by atoms with E-state index in [2.05, 4.69) is 0 Å². The molecule has 1 aliphatic heterocycles. The summed E-state index contributed by atoms with van der Waals surface area (Å²) >= 11 is 0. The summed E-state index contributed by atoms with van der Waals surface area (Å²) < 4.78 is 40.0. The van der Waals surface area contributed by atoms with E-state index in [1.807, 2.05) is 0 Å². The molecule has 116 valence electrons. The molecule has 0 bridgehead atoms. The minimum Gasteiger partial charge on any atom is -0.480 e. The monoisotopic (exact) mass is 315 g/mol. The quantitative estimate of drug-likeness (QED) is 0.926. The van der Waals surface area contributed by atoms with Gasteiger partial charge in [-0.2, -0.15) is 4.31 Å². The molecule has 0 saturated carbocycles. The third-order valence-electron chi connectivity index (χ3n) is 3.73. The summed E-state index contributed by atoms with van der Waals surface area (Å²) in [4.78, 5) is 11.3. The molecule has 1 fully saturated rings. The molecule has 1 aliphatic rings. The van der Waals surface area contributed by atoms with Crippen molar-refractivity contribution in [2.75, 3.05) is 6.54 Å². The van der Waals surface area contributed by atoms with Crippen LogP contribution in [0.3, 0.4) is 0 Å². The number of carbonyl (C=O) groups is 1. The number of carboxylic acids is 1. The normalized spacial score (nSPS) is 20.4. The van der Waals surface area contributed by atoms with Crippen molar-refractivity contribution in [1.82, 2.24) is 4.31 Å². The van der Waals surface area contributed by atoms with Crippen molar-refractivity contribution in [2.24, 2.45) is 0 Å². The molecule has 2 rings (SSSR count). The van der Waals surface area contributed by atoms with Crippen LogP contribution in [0.5, 0.6) is 0 Å². The number of nitrogens with zero attached hydrogens (tertiary/aromatic N) is 1. The Bertz CT molecular complexity index is 649. The van der Waals surface area contributed by atoms with Crippen molar-refractivity contribution in [3.05, 3.63) is 29.1 Å². The van der Waals surface area contributed by atoms with Gasteiger partial charge in [0, 0.05) is 6.54 Å². The van der Waals surface area contributed by atoms with E-state index in [-0.39, 0.29) is 11.4 Å². The molecule has 1 aromatic rings. The molecule has 0 aromatic heterocycles. The van der Waals surface area contributed by atoms with Gasteiger partial charge in [-0.15, -0.1) is 0 Å². The molecule has 1 aromatic carbocycles. The largest absolute Gasteiger partial charge is 0.480 e. The number of aryl methyl sites for hydroxylation is 2. The molecular formula is C14H18FNO4S. The fourth-order valence-corrected chi connectivity index (χ4v) is 4.93. The Hall–Kier alpha value is -1.47. The van der Waals surface area contributed by atoms with Crippen molar-refractivity contribution < 1.29 is 22.7 Å². The van der Waals surface area contributed by atoms with Gasteiger partial charge in [0.15, 0.2) is 0 Å². The fourth-order valence-electron chi connectivity index (χ4n) is 2.86. The number of carboxylic acid groups (broad SMARTS) is 1. The van der Waals surface area contributed by atoms with E-state index in [1.54, 1.807) is 0 Å². The summed E-state index contributed by atoms with van der Waals surface area (Å²) in [6, 6.07) is 1.26. The van der Waals surface area contributed by atoms with Crippen molar-refractivity contribution in [3.8, 4) is 0 Å². The molecule has 0 aliphatic carbocycles. The Labute approximate surface area is 123 Å². The van der Waals surface area contributed by atoms with Crippen LogP contribution < -0.4 is 0 Å². The Morgan fingerprint density at radius 3 is 2.38 bits per heavy atom. The van der Waals surface area contributed by atoms with Crippen LogP contribution in [-0.2, 0) is 14.8 Å². The molecule has 1 unspecified atom stereocenters. The average molecular weight is 315 g/mol. The minimum absolute atomic E-state index is 0.0112. The van der Waals surface area contributed by atoms with Gasteiger partial charge in [0.2, 0.25) is 10.0 Å². The Balaban J connectivity index is 2.53. The van der Waals surface area contributed by atoms with E-state index < -0.39 is 27.9 Å². The number of piperidine rings is 1. The van der Waals surface area contributed by atoms with Crippen LogP contribution in [-0.4, -0.2) is 36.4 Å². The number of benzene rings is 1. The second-order valence-corrected chi connectivity index (χ2v) is 7.16. The van der Waals surface area contributed by atoms with Gasteiger partial charge in [0.1, 0.15) is 11.9 Å². The lowest BCUT2D eigenvalue weighted by atomic mass is 10.1. The maximum atomic E-state index is 13.3. The molecule has 0 spiro atoms. The van der Waals surface area contributed by atoms with Gasteiger partial charge >= 0.3 is 5.97 Å². The van der Waals surface area contributed by atoms with Gasteiger partial charge in [-0.05, 0) is 56.4 Å². The Kier molecular flexibility index (Phi) is 4.34. The highest BCUT2D eigenvalue weighted by molar-refractivity contribution is 7.89. The SMILES string of the molecule is Cc1cc(F)cc(C)c1S(=O)(=O)N1CCCCC1C(=O)O. The van der Waals surface area contributed by atoms with Gasteiger partial charge < -0.3 is 5.11 Å². The molecule has 1 atom stereocenters. The molecule has 21 heavy (non-hydrogen) atoms.